The van der Waals surface area contributed by atoms with E-state index in [1.54, 1.807) is 0 Å². The monoisotopic (exact) mass is 289 g/mol. The lowest BCUT2D eigenvalue weighted by atomic mass is 9.96. The second-order valence-corrected chi connectivity index (χ2v) is 5.37. The average molecular weight is 289 g/mol. The molecule has 0 saturated carbocycles. The molecular formula is C17H15N5. The fourth-order valence-corrected chi connectivity index (χ4v) is 2.89. The Bertz CT molecular complexity index is 949. The Labute approximate surface area is 127 Å². The Kier molecular flexibility index (Phi) is 2.56. The number of aryl methyl sites for hydroxylation is 1. The zero-order valence-electron chi connectivity index (χ0n) is 12.2. The molecule has 0 atom stereocenters. The molecule has 0 amide bonds. The first kappa shape index (κ1) is 12.6. The first-order valence-corrected chi connectivity index (χ1v) is 6.97. The molecule has 0 saturated heterocycles. The minimum absolute atomic E-state index is 0.496. The van der Waals surface area contributed by atoms with Crippen LogP contribution in [0.4, 0.5) is 5.82 Å². The van der Waals surface area contributed by atoms with Crippen LogP contribution in [0.3, 0.4) is 0 Å². The van der Waals surface area contributed by atoms with E-state index in [1.165, 1.54) is 6.33 Å². The lowest BCUT2D eigenvalue weighted by Gasteiger charge is -2.16. The summed E-state index contributed by atoms with van der Waals surface area (Å²) in [5, 5.41) is 4.03. The van der Waals surface area contributed by atoms with Gasteiger partial charge in [-0.15, -0.1) is 0 Å². The largest absolute Gasteiger partial charge is 0.383 e. The van der Waals surface area contributed by atoms with Gasteiger partial charge >= 0.3 is 0 Å². The second-order valence-electron chi connectivity index (χ2n) is 5.37. The van der Waals surface area contributed by atoms with Crippen LogP contribution in [0, 0.1) is 0 Å². The van der Waals surface area contributed by atoms with Crippen LogP contribution in [0.1, 0.15) is 11.1 Å². The topological polar surface area (TPSA) is 68.8 Å². The number of nitrogen functional groups attached to an aromatic ring is 1. The first-order valence-electron chi connectivity index (χ1n) is 6.97. The normalized spacial score (nSPS) is 13.2. The van der Waals surface area contributed by atoms with Gasteiger partial charge in [0.15, 0.2) is 0 Å². The molecule has 0 radical (unpaired) electrons. The van der Waals surface area contributed by atoms with Crippen molar-refractivity contribution in [3.63, 3.8) is 0 Å². The number of aromatic nitrogens is 3. The fraction of sp³-hybridized carbons (Fsp3) is 0.0588. The van der Waals surface area contributed by atoms with E-state index in [-0.39, 0.29) is 0 Å². The van der Waals surface area contributed by atoms with Crippen molar-refractivity contribution in [2.75, 3.05) is 5.73 Å². The summed E-state index contributed by atoms with van der Waals surface area (Å²) in [6.45, 7) is 4.06. The summed E-state index contributed by atoms with van der Waals surface area (Å²) in [6.07, 6.45) is 7.46. The first-order chi connectivity index (χ1) is 10.6. The van der Waals surface area contributed by atoms with Gasteiger partial charge in [0.25, 0.3) is 0 Å². The van der Waals surface area contributed by atoms with Crippen molar-refractivity contribution in [1.29, 1.82) is 0 Å². The van der Waals surface area contributed by atoms with Crippen LogP contribution in [-0.2, 0) is 7.05 Å². The minimum Gasteiger partial charge on any atom is -0.383 e. The van der Waals surface area contributed by atoms with E-state index in [4.69, 9.17) is 5.73 Å². The van der Waals surface area contributed by atoms with Gasteiger partial charge in [-0.25, -0.2) is 9.97 Å². The molecule has 1 aliphatic heterocycles. The van der Waals surface area contributed by atoms with Gasteiger partial charge in [0, 0.05) is 36.3 Å². The molecule has 0 aliphatic carbocycles. The van der Waals surface area contributed by atoms with E-state index in [2.05, 4.69) is 40.1 Å². The van der Waals surface area contributed by atoms with Crippen molar-refractivity contribution in [1.82, 2.24) is 19.9 Å². The predicted molar refractivity (Wildman–Crippen MR) is 89.6 cm³/mol. The van der Waals surface area contributed by atoms with Crippen molar-refractivity contribution in [2.45, 2.75) is 0 Å². The van der Waals surface area contributed by atoms with Crippen molar-refractivity contribution in [3.05, 3.63) is 54.6 Å². The second kappa shape index (κ2) is 4.46. The van der Waals surface area contributed by atoms with E-state index in [0.29, 0.717) is 5.82 Å². The van der Waals surface area contributed by atoms with Crippen LogP contribution >= 0.6 is 0 Å². The molecule has 3 aromatic rings. The SMILES string of the molecule is C=C1NC=Cc2ccc(-c3cn(C)c4ncnc(N)c34)cc21. The van der Waals surface area contributed by atoms with E-state index < -0.39 is 0 Å². The third kappa shape index (κ3) is 1.72. The van der Waals surface area contributed by atoms with Crippen molar-refractivity contribution in [2.24, 2.45) is 7.05 Å². The number of hydrogen-bond donors (Lipinski definition) is 2. The molecule has 3 N–H and O–H groups in total. The number of nitrogens with zero attached hydrogens (tertiary/aromatic N) is 3. The molecule has 0 spiro atoms. The van der Waals surface area contributed by atoms with Gasteiger partial charge in [-0.1, -0.05) is 18.7 Å². The van der Waals surface area contributed by atoms with Crippen molar-refractivity contribution >= 4 is 28.6 Å². The van der Waals surface area contributed by atoms with E-state index >= 15 is 0 Å². The molecule has 5 nitrogen and oxygen atoms in total. The Hall–Kier alpha value is -3.08. The molecule has 0 fully saturated rings. The number of fused-ring (bicyclic) bond motifs is 2. The molecule has 0 unspecified atom stereocenters. The highest BCUT2D eigenvalue weighted by molar-refractivity contribution is 6.01. The number of nitrogens with two attached hydrogens (primary N) is 1. The smallest absolute Gasteiger partial charge is 0.145 e. The highest BCUT2D eigenvalue weighted by Crippen LogP contribution is 2.34. The molecule has 5 heteroatoms. The summed E-state index contributed by atoms with van der Waals surface area (Å²) in [4.78, 5) is 8.44. The summed E-state index contributed by atoms with van der Waals surface area (Å²) in [7, 11) is 1.96. The number of benzene rings is 1. The maximum Gasteiger partial charge on any atom is 0.145 e. The Balaban J connectivity index is 1.99. The van der Waals surface area contributed by atoms with E-state index in [9.17, 15) is 0 Å². The molecule has 22 heavy (non-hydrogen) atoms. The molecule has 3 heterocycles. The average Bonchev–Trinajstić information content (AvgIpc) is 2.86. The van der Waals surface area contributed by atoms with Gasteiger partial charge in [-0.05, 0) is 23.3 Å². The number of anilines is 1. The lowest BCUT2D eigenvalue weighted by Crippen LogP contribution is -2.08. The highest BCUT2D eigenvalue weighted by Gasteiger charge is 2.15. The molecule has 1 aliphatic rings. The lowest BCUT2D eigenvalue weighted by molar-refractivity contribution is 0.945. The van der Waals surface area contributed by atoms with Crippen LogP contribution in [0.2, 0.25) is 0 Å². The molecule has 1 aromatic carbocycles. The van der Waals surface area contributed by atoms with Gasteiger partial charge in [0.2, 0.25) is 0 Å². The molecular weight excluding hydrogens is 274 g/mol. The van der Waals surface area contributed by atoms with Gasteiger partial charge in [0.05, 0.1) is 5.39 Å². The molecule has 4 rings (SSSR count). The maximum absolute atomic E-state index is 6.07. The van der Waals surface area contributed by atoms with Crippen LogP contribution in [0.15, 0.2) is 43.5 Å². The highest BCUT2D eigenvalue weighted by atomic mass is 15.0. The predicted octanol–water partition coefficient (Wildman–Crippen LogP) is 2.76. The number of rotatable bonds is 1. The van der Waals surface area contributed by atoms with Gasteiger partial charge < -0.3 is 15.6 Å². The van der Waals surface area contributed by atoms with Crippen molar-refractivity contribution < 1.29 is 0 Å². The van der Waals surface area contributed by atoms with Crippen LogP contribution in [0.25, 0.3) is 33.9 Å². The van der Waals surface area contributed by atoms with Gasteiger partial charge in [-0.2, -0.15) is 0 Å². The van der Waals surface area contributed by atoms with E-state index in [1.807, 2.05) is 30.1 Å². The molecule has 108 valence electrons. The summed E-state index contributed by atoms with van der Waals surface area (Å²) in [5.74, 6) is 0.496. The van der Waals surface area contributed by atoms with Crippen LogP contribution in [-0.4, -0.2) is 14.5 Å². The standard InChI is InChI=1S/C17H15N5/c1-10-13-7-12(4-3-11(13)5-6-19-10)14-8-22(2)17-15(14)16(18)20-9-21-17/h3-9,19H,1H2,2H3,(H2,18,20,21). The summed E-state index contributed by atoms with van der Waals surface area (Å²) in [5.41, 5.74) is 12.1. The summed E-state index contributed by atoms with van der Waals surface area (Å²) in [6, 6.07) is 6.30. The maximum atomic E-state index is 6.07. The zero-order chi connectivity index (χ0) is 15.3. The van der Waals surface area contributed by atoms with Gasteiger partial charge in [-0.3, -0.25) is 0 Å². The Morgan fingerprint density at radius 3 is 2.95 bits per heavy atom. The minimum atomic E-state index is 0.496. The van der Waals surface area contributed by atoms with E-state index in [0.717, 1.165) is 39.0 Å². The van der Waals surface area contributed by atoms with Crippen LogP contribution < -0.4 is 11.1 Å². The van der Waals surface area contributed by atoms with Gasteiger partial charge in [0.1, 0.15) is 17.8 Å². The fourth-order valence-electron chi connectivity index (χ4n) is 2.89. The zero-order valence-corrected chi connectivity index (χ0v) is 12.2. The quantitative estimate of drug-likeness (QED) is 0.723. The number of hydrogen-bond acceptors (Lipinski definition) is 4. The third-order valence-corrected chi connectivity index (χ3v) is 3.99. The Morgan fingerprint density at radius 1 is 1.23 bits per heavy atom. The summed E-state index contributed by atoms with van der Waals surface area (Å²) < 4.78 is 1.97. The number of nitrogens with one attached hydrogen (secondary N) is 1. The molecule has 0 bridgehead atoms. The Morgan fingerprint density at radius 2 is 2.09 bits per heavy atom. The third-order valence-electron chi connectivity index (χ3n) is 3.99. The summed E-state index contributed by atoms with van der Waals surface area (Å²) >= 11 is 0. The molecule has 2 aromatic heterocycles. The van der Waals surface area contributed by atoms with Crippen LogP contribution in [0.5, 0.6) is 0 Å². The van der Waals surface area contributed by atoms with Crippen molar-refractivity contribution in [3.8, 4) is 11.1 Å².